The summed E-state index contributed by atoms with van der Waals surface area (Å²) in [6.07, 6.45) is 7.70. The first-order chi connectivity index (χ1) is 10.4. The molecule has 0 aliphatic heterocycles. The summed E-state index contributed by atoms with van der Waals surface area (Å²) >= 11 is 0. The molecule has 0 N–H and O–H groups in total. The van der Waals surface area contributed by atoms with Crippen molar-refractivity contribution >= 4 is 7.82 Å². The van der Waals surface area contributed by atoms with Gasteiger partial charge in [-0.3, -0.25) is 9.05 Å². The number of rotatable bonds is 10. The molecule has 0 bridgehead atoms. The molecular formula is C17H31O4P. The van der Waals surface area contributed by atoms with Crippen LogP contribution in [0.3, 0.4) is 0 Å². The van der Waals surface area contributed by atoms with Crippen molar-refractivity contribution < 1.29 is 18.1 Å². The van der Waals surface area contributed by atoms with Crippen molar-refractivity contribution in [3.8, 4) is 0 Å². The molecule has 0 aromatic heterocycles. The molecule has 0 heterocycles. The maximum absolute atomic E-state index is 12.9. The third-order valence-corrected chi connectivity index (χ3v) is 5.28. The van der Waals surface area contributed by atoms with Gasteiger partial charge in [-0.2, -0.15) is 0 Å². The van der Waals surface area contributed by atoms with Gasteiger partial charge in [-0.05, 0) is 43.8 Å². The second-order valence-electron chi connectivity index (χ2n) is 6.29. The fourth-order valence-corrected chi connectivity index (χ4v) is 3.21. The van der Waals surface area contributed by atoms with Gasteiger partial charge in [-0.1, -0.05) is 46.1 Å². The lowest BCUT2D eigenvalue weighted by Crippen LogP contribution is -2.10. The van der Waals surface area contributed by atoms with E-state index in [-0.39, 0.29) is 0 Å². The van der Waals surface area contributed by atoms with Crippen LogP contribution >= 0.6 is 7.82 Å². The van der Waals surface area contributed by atoms with Crippen molar-refractivity contribution in [3.63, 3.8) is 0 Å². The van der Waals surface area contributed by atoms with Crippen molar-refractivity contribution in [3.05, 3.63) is 23.5 Å². The number of hydrogen-bond acceptors (Lipinski definition) is 4. The van der Waals surface area contributed by atoms with Crippen LogP contribution in [0.4, 0.5) is 0 Å². The fourth-order valence-electron chi connectivity index (χ4n) is 1.77. The van der Waals surface area contributed by atoms with Gasteiger partial charge in [0.25, 0.3) is 0 Å². The van der Waals surface area contributed by atoms with Gasteiger partial charge >= 0.3 is 7.82 Å². The molecule has 1 aliphatic carbocycles. The molecule has 0 radical (unpaired) electrons. The Morgan fingerprint density at radius 1 is 1.14 bits per heavy atom. The Bertz CT molecular complexity index is 424. The monoisotopic (exact) mass is 330 g/mol. The Morgan fingerprint density at radius 3 is 2.14 bits per heavy atom. The van der Waals surface area contributed by atoms with Crippen LogP contribution in [0.2, 0.25) is 0 Å². The first kappa shape index (κ1) is 19.5. The molecule has 5 heteroatoms. The van der Waals surface area contributed by atoms with E-state index in [1.54, 1.807) is 0 Å². The zero-order chi connectivity index (χ0) is 16.6. The van der Waals surface area contributed by atoms with E-state index in [1.165, 1.54) is 5.57 Å². The van der Waals surface area contributed by atoms with E-state index in [0.29, 0.717) is 30.8 Å². The fraction of sp³-hybridized carbons (Fsp3) is 0.765. The predicted molar refractivity (Wildman–Crippen MR) is 90.6 cm³/mol. The number of phosphoric ester groups is 1. The van der Waals surface area contributed by atoms with Crippen LogP contribution in [-0.4, -0.2) is 13.2 Å². The highest BCUT2D eigenvalue weighted by Gasteiger charge is 2.30. The summed E-state index contributed by atoms with van der Waals surface area (Å²) in [6.45, 7) is 11.1. The summed E-state index contributed by atoms with van der Waals surface area (Å²) in [6, 6.07) is 0. The van der Waals surface area contributed by atoms with Gasteiger partial charge in [-0.25, -0.2) is 4.57 Å². The molecule has 22 heavy (non-hydrogen) atoms. The SMILES string of the molecule is CC[C@H](C)COP(=O)(OC[C@@H](C)CC)OC1=CCCC(C)=C1. The second kappa shape index (κ2) is 9.54. The van der Waals surface area contributed by atoms with Crippen molar-refractivity contribution in [2.75, 3.05) is 13.2 Å². The highest BCUT2D eigenvalue weighted by molar-refractivity contribution is 7.48. The highest BCUT2D eigenvalue weighted by atomic mass is 31.2. The zero-order valence-electron chi connectivity index (χ0n) is 14.6. The quantitative estimate of drug-likeness (QED) is 0.471. The smallest absolute Gasteiger partial charge is 0.404 e. The van der Waals surface area contributed by atoms with Gasteiger partial charge in [-0.15, -0.1) is 0 Å². The van der Waals surface area contributed by atoms with Crippen LogP contribution in [0.25, 0.3) is 0 Å². The topological polar surface area (TPSA) is 44.8 Å². The molecule has 2 atom stereocenters. The largest absolute Gasteiger partial charge is 0.530 e. The van der Waals surface area contributed by atoms with E-state index in [2.05, 4.69) is 27.7 Å². The number of hydrogen-bond donors (Lipinski definition) is 0. The molecule has 0 aromatic rings. The van der Waals surface area contributed by atoms with E-state index in [1.807, 2.05) is 19.1 Å². The molecule has 0 spiro atoms. The van der Waals surface area contributed by atoms with Crippen LogP contribution in [-0.2, 0) is 18.1 Å². The Labute approximate surface area is 135 Å². The Morgan fingerprint density at radius 2 is 1.68 bits per heavy atom. The molecule has 0 aromatic carbocycles. The predicted octanol–water partition coefficient (Wildman–Crippen LogP) is 5.86. The summed E-state index contributed by atoms with van der Waals surface area (Å²) in [7, 11) is -3.56. The molecule has 0 amide bonds. The molecular weight excluding hydrogens is 299 g/mol. The number of phosphoric acid groups is 1. The van der Waals surface area contributed by atoms with Crippen molar-refractivity contribution in [2.24, 2.45) is 11.8 Å². The average Bonchev–Trinajstić information content (AvgIpc) is 2.50. The molecule has 128 valence electrons. The lowest BCUT2D eigenvalue weighted by Gasteiger charge is -2.23. The van der Waals surface area contributed by atoms with Crippen LogP contribution < -0.4 is 0 Å². The van der Waals surface area contributed by atoms with Crippen molar-refractivity contribution in [1.29, 1.82) is 0 Å². The second-order valence-corrected chi connectivity index (χ2v) is 7.89. The maximum atomic E-state index is 12.9. The third-order valence-electron chi connectivity index (χ3n) is 3.92. The minimum Gasteiger partial charge on any atom is -0.404 e. The third kappa shape index (κ3) is 7.13. The van der Waals surface area contributed by atoms with E-state index in [9.17, 15) is 4.57 Å². The Hall–Kier alpha value is -0.570. The minimum atomic E-state index is -3.56. The van der Waals surface area contributed by atoms with Gasteiger partial charge in [0.05, 0.1) is 13.2 Å². The van der Waals surface area contributed by atoms with Gasteiger partial charge in [0.2, 0.25) is 0 Å². The standard InChI is InChI=1S/C17H31O4P/c1-6-14(3)12-19-22(18,20-13-15(4)7-2)21-17-10-8-9-16(5)11-17/h10-11,14-15H,6-9,12-13H2,1-5H3/t14-,15-/m0/s1. The molecule has 4 nitrogen and oxygen atoms in total. The van der Waals surface area contributed by atoms with Gasteiger partial charge in [0.1, 0.15) is 5.76 Å². The van der Waals surface area contributed by atoms with E-state index >= 15 is 0 Å². The molecule has 1 rings (SSSR count). The van der Waals surface area contributed by atoms with E-state index in [4.69, 9.17) is 13.6 Å². The van der Waals surface area contributed by atoms with Gasteiger partial charge in [0, 0.05) is 0 Å². The Kier molecular flexibility index (Phi) is 8.45. The molecule has 0 unspecified atom stereocenters. The molecule has 0 saturated heterocycles. The van der Waals surface area contributed by atoms with Gasteiger partial charge < -0.3 is 4.52 Å². The number of allylic oxidation sites excluding steroid dienone is 3. The van der Waals surface area contributed by atoms with E-state index < -0.39 is 7.82 Å². The summed E-state index contributed by atoms with van der Waals surface area (Å²) in [4.78, 5) is 0. The molecule has 0 fully saturated rings. The summed E-state index contributed by atoms with van der Waals surface area (Å²) in [5.74, 6) is 1.24. The molecule has 0 saturated carbocycles. The van der Waals surface area contributed by atoms with Gasteiger partial charge in [0.15, 0.2) is 0 Å². The normalized spacial score (nSPS) is 18.4. The van der Waals surface area contributed by atoms with Crippen LogP contribution in [0.15, 0.2) is 23.5 Å². The minimum absolute atomic E-state index is 0.321. The van der Waals surface area contributed by atoms with Crippen LogP contribution in [0.1, 0.15) is 60.3 Å². The summed E-state index contributed by atoms with van der Waals surface area (Å²) < 4.78 is 29.6. The van der Waals surface area contributed by atoms with Crippen molar-refractivity contribution in [1.82, 2.24) is 0 Å². The Balaban J connectivity index is 2.71. The van der Waals surface area contributed by atoms with Crippen LogP contribution in [0.5, 0.6) is 0 Å². The van der Waals surface area contributed by atoms with Crippen LogP contribution in [0, 0.1) is 11.8 Å². The summed E-state index contributed by atoms with van der Waals surface area (Å²) in [5.41, 5.74) is 1.22. The molecule has 1 aliphatic rings. The van der Waals surface area contributed by atoms with Crippen molar-refractivity contribution in [2.45, 2.75) is 60.3 Å². The maximum Gasteiger partial charge on any atom is 0.530 e. The first-order valence-corrected chi connectivity index (χ1v) is 9.80. The zero-order valence-corrected chi connectivity index (χ0v) is 15.5. The first-order valence-electron chi connectivity index (χ1n) is 8.34. The van der Waals surface area contributed by atoms with E-state index in [0.717, 1.165) is 25.7 Å². The highest BCUT2D eigenvalue weighted by Crippen LogP contribution is 2.52. The lowest BCUT2D eigenvalue weighted by atomic mass is 10.1. The lowest BCUT2D eigenvalue weighted by molar-refractivity contribution is 0.110. The summed E-state index contributed by atoms with van der Waals surface area (Å²) in [5, 5.41) is 0. The average molecular weight is 330 g/mol.